The SMILES string of the molecule is COC(=O)/C=C1/OC(C(C)C)OC1C(C)C. The van der Waals surface area contributed by atoms with Crippen molar-refractivity contribution in [3.63, 3.8) is 0 Å². The molecule has 92 valence electrons. The fourth-order valence-corrected chi connectivity index (χ4v) is 1.51. The van der Waals surface area contributed by atoms with Gasteiger partial charge < -0.3 is 14.2 Å². The number of methoxy groups -OCH3 is 1. The van der Waals surface area contributed by atoms with Gasteiger partial charge in [0.2, 0.25) is 6.29 Å². The minimum absolute atomic E-state index is 0.161. The van der Waals surface area contributed by atoms with E-state index in [4.69, 9.17) is 9.47 Å². The minimum atomic E-state index is -0.409. The molecule has 16 heavy (non-hydrogen) atoms. The lowest BCUT2D eigenvalue weighted by Gasteiger charge is -2.14. The lowest BCUT2D eigenvalue weighted by molar-refractivity contribution is -0.135. The first-order chi connectivity index (χ1) is 7.45. The summed E-state index contributed by atoms with van der Waals surface area (Å²) < 4.78 is 15.9. The van der Waals surface area contributed by atoms with Crippen LogP contribution in [0.4, 0.5) is 0 Å². The van der Waals surface area contributed by atoms with Crippen molar-refractivity contribution in [1.29, 1.82) is 0 Å². The first-order valence-corrected chi connectivity index (χ1v) is 5.57. The number of hydrogen-bond acceptors (Lipinski definition) is 4. The molecule has 1 heterocycles. The molecule has 1 fully saturated rings. The molecular weight excluding hydrogens is 208 g/mol. The van der Waals surface area contributed by atoms with Gasteiger partial charge in [-0.3, -0.25) is 0 Å². The Bertz CT molecular complexity index is 281. The molecule has 1 aliphatic heterocycles. The van der Waals surface area contributed by atoms with Crippen molar-refractivity contribution < 1.29 is 19.0 Å². The molecule has 4 heteroatoms. The van der Waals surface area contributed by atoms with Crippen molar-refractivity contribution >= 4 is 5.97 Å². The maximum Gasteiger partial charge on any atom is 0.333 e. The maximum atomic E-state index is 11.2. The van der Waals surface area contributed by atoms with E-state index in [0.717, 1.165) is 0 Å². The Morgan fingerprint density at radius 1 is 1.31 bits per heavy atom. The Morgan fingerprint density at radius 2 is 1.94 bits per heavy atom. The molecule has 0 saturated carbocycles. The molecule has 0 bridgehead atoms. The number of carbonyl (C=O) groups is 1. The average molecular weight is 228 g/mol. The van der Waals surface area contributed by atoms with Crippen molar-refractivity contribution in [3.8, 4) is 0 Å². The third kappa shape index (κ3) is 2.98. The summed E-state index contributed by atoms with van der Waals surface area (Å²) >= 11 is 0. The second kappa shape index (κ2) is 5.34. The summed E-state index contributed by atoms with van der Waals surface area (Å²) in [6.07, 6.45) is 0.933. The summed E-state index contributed by atoms with van der Waals surface area (Å²) in [5.74, 6) is 0.679. The van der Waals surface area contributed by atoms with Gasteiger partial charge in [-0.25, -0.2) is 4.79 Å². The van der Waals surface area contributed by atoms with Gasteiger partial charge in [-0.1, -0.05) is 27.7 Å². The largest absolute Gasteiger partial charge is 0.466 e. The Kier molecular flexibility index (Phi) is 4.35. The summed E-state index contributed by atoms with van der Waals surface area (Å²) in [5.41, 5.74) is 0. The maximum absolute atomic E-state index is 11.2. The third-order valence-corrected chi connectivity index (χ3v) is 2.42. The van der Waals surface area contributed by atoms with Crippen molar-refractivity contribution in [2.24, 2.45) is 11.8 Å². The highest BCUT2D eigenvalue weighted by molar-refractivity contribution is 5.82. The van der Waals surface area contributed by atoms with Gasteiger partial charge in [0.25, 0.3) is 0 Å². The predicted molar refractivity (Wildman–Crippen MR) is 59.5 cm³/mol. The zero-order valence-electron chi connectivity index (χ0n) is 10.5. The van der Waals surface area contributed by atoms with Gasteiger partial charge in [-0.05, 0) is 5.92 Å². The van der Waals surface area contributed by atoms with E-state index < -0.39 is 5.97 Å². The van der Waals surface area contributed by atoms with E-state index in [1.54, 1.807) is 0 Å². The molecule has 1 aliphatic rings. The fourth-order valence-electron chi connectivity index (χ4n) is 1.51. The molecule has 4 nitrogen and oxygen atoms in total. The molecule has 2 atom stereocenters. The summed E-state index contributed by atoms with van der Waals surface area (Å²) in [4.78, 5) is 11.2. The van der Waals surface area contributed by atoms with E-state index in [1.165, 1.54) is 13.2 Å². The van der Waals surface area contributed by atoms with Crippen LogP contribution in [-0.4, -0.2) is 25.5 Å². The highest BCUT2D eigenvalue weighted by Gasteiger charge is 2.36. The van der Waals surface area contributed by atoms with Gasteiger partial charge in [0.15, 0.2) is 0 Å². The number of rotatable bonds is 3. The quantitative estimate of drug-likeness (QED) is 0.548. The van der Waals surface area contributed by atoms with E-state index in [9.17, 15) is 4.79 Å². The summed E-state index contributed by atoms with van der Waals surface area (Å²) in [5, 5.41) is 0. The van der Waals surface area contributed by atoms with E-state index in [0.29, 0.717) is 5.76 Å². The normalized spacial score (nSPS) is 27.6. The smallest absolute Gasteiger partial charge is 0.333 e. The van der Waals surface area contributed by atoms with Gasteiger partial charge in [-0.2, -0.15) is 0 Å². The van der Waals surface area contributed by atoms with Gasteiger partial charge in [-0.15, -0.1) is 0 Å². The lowest BCUT2D eigenvalue weighted by Crippen LogP contribution is -2.20. The average Bonchev–Trinajstić information content (AvgIpc) is 2.61. The number of hydrogen-bond donors (Lipinski definition) is 0. The first kappa shape index (κ1) is 13.0. The summed E-state index contributed by atoms with van der Waals surface area (Å²) in [6.45, 7) is 8.09. The highest BCUT2D eigenvalue weighted by atomic mass is 16.7. The predicted octanol–water partition coefficient (Wildman–Crippen LogP) is 2.10. The second-order valence-electron chi connectivity index (χ2n) is 4.60. The van der Waals surface area contributed by atoms with Crippen LogP contribution >= 0.6 is 0 Å². The molecule has 0 amide bonds. The topological polar surface area (TPSA) is 44.8 Å². The summed E-state index contributed by atoms with van der Waals surface area (Å²) in [7, 11) is 1.35. The van der Waals surface area contributed by atoms with Crippen LogP contribution in [0.5, 0.6) is 0 Å². The van der Waals surface area contributed by atoms with E-state index in [1.807, 2.05) is 27.7 Å². The van der Waals surface area contributed by atoms with Gasteiger partial charge >= 0.3 is 5.97 Å². The van der Waals surface area contributed by atoms with E-state index in [2.05, 4.69) is 4.74 Å². The van der Waals surface area contributed by atoms with Crippen LogP contribution in [0.25, 0.3) is 0 Å². The molecule has 0 aliphatic carbocycles. The monoisotopic (exact) mass is 228 g/mol. The van der Waals surface area contributed by atoms with Crippen molar-refractivity contribution in [3.05, 3.63) is 11.8 Å². The standard InChI is InChI=1S/C12H20O4/c1-7(2)11-9(6-10(13)14-5)15-12(16-11)8(3)4/h6-8,11-12H,1-5H3/b9-6+. The van der Waals surface area contributed by atoms with Crippen molar-refractivity contribution in [2.75, 3.05) is 7.11 Å². The van der Waals surface area contributed by atoms with Crippen LogP contribution in [0.1, 0.15) is 27.7 Å². The van der Waals surface area contributed by atoms with Gasteiger partial charge in [0.05, 0.1) is 13.2 Å². The fraction of sp³-hybridized carbons (Fsp3) is 0.750. The lowest BCUT2D eigenvalue weighted by atomic mass is 10.1. The van der Waals surface area contributed by atoms with Crippen LogP contribution in [0, 0.1) is 11.8 Å². The van der Waals surface area contributed by atoms with Gasteiger partial charge in [0.1, 0.15) is 11.9 Å². The highest BCUT2D eigenvalue weighted by Crippen LogP contribution is 2.31. The molecule has 0 spiro atoms. The Morgan fingerprint density at radius 3 is 2.38 bits per heavy atom. The first-order valence-electron chi connectivity index (χ1n) is 5.57. The Balaban J connectivity index is 2.81. The zero-order valence-corrected chi connectivity index (χ0v) is 10.5. The molecular formula is C12H20O4. The summed E-state index contributed by atoms with van der Waals surface area (Å²) in [6, 6.07) is 0. The molecule has 2 unspecified atom stereocenters. The molecule has 1 rings (SSSR count). The molecule has 0 aromatic rings. The minimum Gasteiger partial charge on any atom is -0.466 e. The zero-order chi connectivity index (χ0) is 12.3. The van der Waals surface area contributed by atoms with Crippen LogP contribution in [0.15, 0.2) is 11.8 Å². The van der Waals surface area contributed by atoms with E-state index in [-0.39, 0.29) is 24.2 Å². The van der Waals surface area contributed by atoms with Crippen molar-refractivity contribution in [2.45, 2.75) is 40.1 Å². The molecule has 0 aromatic heterocycles. The third-order valence-electron chi connectivity index (χ3n) is 2.42. The van der Waals surface area contributed by atoms with Crippen LogP contribution in [0.3, 0.4) is 0 Å². The van der Waals surface area contributed by atoms with Crippen LogP contribution in [-0.2, 0) is 19.0 Å². The number of esters is 1. The van der Waals surface area contributed by atoms with E-state index >= 15 is 0 Å². The molecule has 0 N–H and O–H groups in total. The Hall–Kier alpha value is -1.03. The molecule has 1 saturated heterocycles. The number of carbonyl (C=O) groups excluding carboxylic acids is 1. The number of ether oxygens (including phenoxy) is 3. The van der Waals surface area contributed by atoms with Crippen molar-refractivity contribution in [1.82, 2.24) is 0 Å². The van der Waals surface area contributed by atoms with Crippen LogP contribution in [0.2, 0.25) is 0 Å². The second-order valence-corrected chi connectivity index (χ2v) is 4.60. The Labute approximate surface area is 96.6 Å². The molecule has 0 aromatic carbocycles. The van der Waals surface area contributed by atoms with Gasteiger partial charge in [0, 0.05) is 5.92 Å². The van der Waals surface area contributed by atoms with Crippen LogP contribution < -0.4 is 0 Å². The molecule has 0 radical (unpaired) electrons.